The summed E-state index contributed by atoms with van der Waals surface area (Å²) < 4.78 is 0. The van der Waals surface area contributed by atoms with Crippen molar-refractivity contribution in [1.82, 2.24) is 25.1 Å². The second-order valence-electron chi connectivity index (χ2n) is 5.72. The Morgan fingerprint density at radius 3 is 2.30 bits per heavy atom. The van der Waals surface area contributed by atoms with E-state index in [0.717, 1.165) is 11.4 Å². The van der Waals surface area contributed by atoms with Crippen molar-refractivity contribution in [3.63, 3.8) is 0 Å². The van der Waals surface area contributed by atoms with Crippen molar-refractivity contribution >= 4 is 58.1 Å². The maximum atomic E-state index is 6.14. The molecule has 2 aromatic carbocycles. The van der Waals surface area contributed by atoms with E-state index in [-0.39, 0.29) is 0 Å². The Labute approximate surface area is 169 Å². The molecule has 0 aliphatic heterocycles. The molecule has 2 heterocycles. The lowest BCUT2D eigenvalue weighted by molar-refractivity contribution is 0.963. The van der Waals surface area contributed by atoms with Gasteiger partial charge >= 0.3 is 0 Å². The van der Waals surface area contributed by atoms with E-state index in [0.29, 0.717) is 37.0 Å². The van der Waals surface area contributed by atoms with Gasteiger partial charge in [0.1, 0.15) is 10.9 Å². The number of aromatic nitrogens is 5. The molecule has 0 spiro atoms. The van der Waals surface area contributed by atoms with Crippen LogP contribution in [0.5, 0.6) is 0 Å². The molecule has 0 amide bonds. The van der Waals surface area contributed by atoms with Crippen molar-refractivity contribution in [2.75, 3.05) is 0 Å². The first-order valence-corrected chi connectivity index (χ1v) is 9.62. The van der Waals surface area contributed by atoms with Gasteiger partial charge in [-0.25, -0.2) is 15.0 Å². The number of aromatic amines is 1. The molecule has 0 unspecified atom stereocenters. The van der Waals surface area contributed by atoms with Gasteiger partial charge in [0, 0.05) is 0 Å². The highest BCUT2D eigenvalue weighted by atomic mass is 35.5. The second-order valence-corrected chi connectivity index (χ2v) is 7.49. The number of H-pyrrole nitrogens is 1. The van der Waals surface area contributed by atoms with Gasteiger partial charge in [0.15, 0.2) is 0 Å². The number of nitrogens with zero attached hydrogens (tertiary/aromatic N) is 4. The van der Waals surface area contributed by atoms with Crippen LogP contribution in [-0.4, -0.2) is 25.1 Å². The van der Waals surface area contributed by atoms with Crippen molar-refractivity contribution in [2.45, 2.75) is 17.1 Å². The largest absolute Gasteiger partial charge is 0.262 e. The van der Waals surface area contributed by atoms with Gasteiger partial charge in [0.05, 0.1) is 26.8 Å². The molecule has 0 saturated carbocycles. The second kappa shape index (κ2) is 7.68. The maximum absolute atomic E-state index is 6.14. The lowest BCUT2D eigenvalue weighted by Gasteiger charge is -2.06. The van der Waals surface area contributed by atoms with E-state index in [2.05, 4.69) is 15.2 Å². The van der Waals surface area contributed by atoms with Crippen LogP contribution in [0, 0.1) is 6.92 Å². The Bertz CT molecular complexity index is 1140. The minimum atomic E-state index is 0.440. The van der Waals surface area contributed by atoms with Crippen LogP contribution < -0.4 is 0 Å². The molecule has 0 bridgehead atoms. The average molecular weight is 414 g/mol. The molecule has 8 heteroatoms. The van der Waals surface area contributed by atoms with E-state index < -0.39 is 0 Å². The maximum Gasteiger partial charge on any atom is 0.214 e. The Balaban J connectivity index is 1.81. The number of halogens is 2. The number of fused-ring (bicyclic) bond motifs is 1. The van der Waals surface area contributed by atoms with Gasteiger partial charge in [0.25, 0.3) is 0 Å². The summed E-state index contributed by atoms with van der Waals surface area (Å²) >= 11 is 13.6. The Hall–Kier alpha value is -2.41. The van der Waals surface area contributed by atoms with E-state index >= 15 is 0 Å². The molecule has 1 N–H and O–H groups in total. The van der Waals surface area contributed by atoms with Crippen molar-refractivity contribution in [1.29, 1.82) is 0 Å². The topological polar surface area (TPSA) is 67.3 Å². The highest BCUT2D eigenvalue weighted by Gasteiger charge is 2.13. The molecule has 0 aliphatic carbocycles. The summed E-state index contributed by atoms with van der Waals surface area (Å²) in [7, 11) is 0. The number of benzene rings is 2. The highest BCUT2D eigenvalue weighted by molar-refractivity contribution is 7.99. The van der Waals surface area contributed by atoms with Crippen molar-refractivity contribution < 1.29 is 0 Å². The molecule has 0 fully saturated rings. The highest BCUT2D eigenvalue weighted by Crippen LogP contribution is 2.31. The molecule has 0 atom stereocenters. The molecule has 27 heavy (non-hydrogen) atoms. The zero-order valence-electron chi connectivity index (χ0n) is 14.1. The van der Waals surface area contributed by atoms with Crippen LogP contribution in [0.2, 0.25) is 10.0 Å². The summed E-state index contributed by atoms with van der Waals surface area (Å²) in [6.07, 6.45) is 3.91. The fraction of sp³-hybridized carbons (Fsp3) is 0.0526. The van der Waals surface area contributed by atoms with Crippen molar-refractivity contribution in [2.24, 2.45) is 0 Å². The summed E-state index contributed by atoms with van der Waals surface area (Å²) in [5.74, 6) is 0.738. The molecule has 0 radical (unpaired) electrons. The summed E-state index contributed by atoms with van der Waals surface area (Å²) in [5, 5.41) is 9.16. The van der Waals surface area contributed by atoms with E-state index in [4.69, 9.17) is 33.2 Å². The fourth-order valence-corrected chi connectivity index (χ4v) is 3.55. The van der Waals surface area contributed by atoms with E-state index in [9.17, 15) is 0 Å². The van der Waals surface area contributed by atoms with Crippen LogP contribution >= 0.6 is 35.0 Å². The Morgan fingerprint density at radius 1 is 0.926 bits per heavy atom. The van der Waals surface area contributed by atoms with Gasteiger partial charge in [0.2, 0.25) is 5.16 Å². The minimum absolute atomic E-state index is 0.440. The van der Waals surface area contributed by atoms with Crippen molar-refractivity contribution in [3.05, 3.63) is 69.6 Å². The Morgan fingerprint density at radius 2 is 1.63 bits per heavy atom. The van der Waals surface area contributed by atoms with Gasteiger partial charge < -0.3 is 0 Å². The number of hydrogen-bond donors (Lipinski definition) is 1. The lowest BCUT2D eigenvalue weighted by atomic mass is 10.2. The normalized spacial score (nSPS) is 11.5. The Kier molecular flexibility index (Phi) is 5.11. The van der Waals surface area contributed by atoms with Gasteiger partial charge in [-0.2, -0.15) is 0 Å². The van der Waals surface area contributed by atoms with Crippen molar-refractivity contribution in [3.8, 4) is 0 Å². The van der Waals surface area contributed by atoms with Crippen LogP contribution in [-0.2, 0) is 0 Å². The molecule has 2 aromatic heterocycles. The molecule has 0 aliphatic rings. The number of hydrogen-bond acceptors (Lipinski definition) is 5. The third kappa shape index (κ3) is 4.13. The van der Waals surface area contributed by atoms with Crippen LogP contribution in [0.3, 0.4) is 0 Å². The average Bonchev–Trinajstić information content (AvgIpc) is 3.07. The summed E-state index contributed by atoms with van der Waals surface area (Å²) in [4.78, 5) is 13.8. The van der Waals surface area contributed by atoms with Gasteiger partial charge in [-0.3, -0.25) is 5.10 Å². The molecular formula is C19H13Cl2N5S. The smallest absolute Gasteiger partial charge is 0.214 e. The van der Waals surface area contributed by atoms with E-state index in [1.165, 1.54) is 11.8 Å². The first-order chi connectivity index (χ1) is 13.1. The first kappa shape index (κ1) is 18.0. The van der Waals surface area contributed by atoms with E-state index in [1.807, 2.05) is 49.4 Å². The SMILES string of the molecule is Cc1nc(Sc2nc3cc(Cl)c(Cl)cc3nc2/C=C/c2ccccc2)n[nH]1. The molecular weight excluding hydrogens is 401 g/mol. The predicted octanol–water partition coefficient (Wildman–Crippen LogP) is 5.68. The molecule has 5 nitrogen and oxygen atoms in total. The first-order valence-electron chi connectivity index (χ1n) is 8.05. The number of aryl methyl sites for hydroxylation is 1. The number of nitrogens with one attached hydrogen (secondary N) is 1. The predicted molar refractivity (Wildman–Crippen MR) is 110 cm³/mol. The van der Waals surface area contributed by atoms with Gasteiger partial charge in [-0.05, 0) is 42.5 Å². The number of rotatable bonds is 4. The van der Waals surface area contributed by atoms with E-state index in [1.54, 1.807) is 12.1 Å². The van der Waals surface area contributed by atoms with Gasteiger partial charge in [-0.15, -0.1) is 5.10 Å². The zero-order chi connectivity index (χ0) is 18.8. The third-order valence-corrected chi connectivity index (χ3v) is 5.28. The molecule has 4 rings (SSSR count). The van der Waals surface area contributed by atoms with Gasteiger partial charge in [-0.1, -0.05) is 59.6 Å². The minimum Gasteiger partial charge on any atom is -0.262 e. The van der Waals surface area contributed by atoms with Crippen LogP contribution in [0.15, 0.2) is 52.6 Å². The third-order valence-electron chi connectivity index (χ3n) is 3.70. The summed E-state index contributed by atoms with van der Waals surface area (Å²) in [6, 6.07) is 13.4. The summed E-state index contributed by atoms with van der Waals surface area (Å²) in [5.41, 5.74) is 3.11. The zero-order valence-corrected chi connectivity index (χ0v) is 16.5. The molecule has 134 valence electrons. The monoisotopic (exact) mass is 413 g/mol. The van der Waals surface area contributed by atoms with Crippen LogP contribution in [0.4, 0.5) is 0 Å². The van der Waals surface area contributed by atoms with Crippen LogP contribution in [0.1, 0.15) is 17.1 Å². The fourth-order valence-electron chi connectivity index (χ4n) is 2.43. The van der Waals surface area contributed by atoms with Crippen LogP contribution in [0.25, 0.3) is 23.2 Å². The quantitative estimate of drug-likeness (QED) is 0.465. The summed E-state index contributed by atoms with van der Waals surface area (Å²) in [6.45, 7) is 1.85. The standard InChI is InChI=1S/C19H13Cl2N5S/c1-11-22-19(26-25-11)27-18-15(8-7-12-5-3-2-4-6-12)23-16-9-13(20)14(21)10-17(16)24-18/h2-10H,1H3,(H,22,25,26)/b8-7+. The molecule has 0 saturated heterocycles. The lowest BCUT2D eigenvalue weighted by Crippen LogP contribution is -1.94. The molecule has 4 aromatic rings.